The number of nitrogens with zero attached hydrogens (tertiary/aromatic N) is 1. The van der Waals surface area contributed by atoms with Crippen molar-refractivity contribution in [3.8, 4) is 0 Å². The highest BCUT2D eigenvalue weighted by Crippen LogP contribution is 2.27. The Labute approximate surface area is 111 Å². The number of halogens is 1. The van der Waals surface area contributed by atoms with Crippen LogP contribution in [0.2, 0.25) is 0 Å². The maximum absolute atomic E-state index is 12.8. The molecule has 0 bridgehead atoms. The SMILES string of the molecule is CNC(C)c1ccc(Sc2ccc(F)cc2)cn1. The van der Waals surface area contributed by atoms with Crippen molar-refractivity contribution in [1.82, 2.24) is 10.3 Å². The number of hydrogen-bond donors (Lipinski definition) is 1. The Morgan fingerprint density at radius 1 is 1.11 bits per heavy atom. The summed E-state index contributed by atoms with van der Waals surface area (Å²) < 4.78 is 12.8. The Morgan fingerprint density at radius 2 is 1.78 bits per heavy atom. The van der Waals surface area contributed by atoms with E-state index in [4.69, 9.17) is 0 Å². The average Bonchev–Trinajstić information content (AvgIpc) is 2.41. The fourth-order valence-electron chi connectivity index (χ4n) is 1.49. The lowest BCUT2D eigenvalue weighted by Gasteiger charge is -2.09. The Morgan fingerprint density at radius 3 is 2.33 bits per heavy atom. The Hall–Kier alpha value is -1.39. The molecule has 2 aromatic rings. The van der Waals surface area contributed by atoms with Crippen molar-refractivity contribution in [1.29, 1.82) is 0 Å². The van der Waals surface area contributed by atoms with E-state index in [9.17, 15) is 4.39 Å². The van der Waals surface area contributed by atoms with Gasteiger partial charge in [-0.3, -0.25) is 4.98 Å². The summed E-state index contributed by atoms with van der Waals surface area (Å²) in [6.45, 7) is 2.06. The second kappa shape index (κ2) is 5.98. The summed E-state index contributed by atoms with van der Waals surface area (Å²) >= 11 is 1.57. The highest BCUT2D eigenvalue weighted by atomic mass is 32.2. The first-order chi connectivity index (χ1) is 8.69. The van der Waals surface area contributed by atoms with E-state index in [1.165, 1.54) is 12.1 Å². The Kier molecular flexibility index (Phi) is 4.33. The van der Waals surface area contributed by atoms with Crippen LogP contribution in [-0.2, 0) is 0 Å². The molecule has 0 saturated heterocycles. The summed E-state index contributed by atoms with van der Waals surface area (Å²) in [5.41, 5.74) is 1.01. The van der Waals surface area contributed by atoms with Crippen LogP contribution < -0.4 is 5.32 Å². The average molecular weight is 262 g/mol. The summed E-state index contributed by atoms with van der Waals surface area (Å²) in [5, 5.41) is 3.15. The molecule has 1 aromatic carbocycles. The van der Waals surface area contributed by atoms with Crippen molar-refractivity contribution in [2.45, 2.75) is 22.8 Å². The zero-order valence-electron chi connectivity index (χ0n) is 10.4. The first-order valence-electron chi connectivity index (χ1n) is 5.75. The van der Waals surface area contributed by atoms with Gasteiger partial charge in [0.15, 0.2) is 0 Å². The maximum atomic E-state index is 12.8. The summed E-state index contributed by atoms with van der Waals surface area (Å²) in [7, 11) is 1.91. The first-order valence-corrected chi connectivity index (χ1v) is 6.57. The van der Waals surface area contributed by atoms with E-state index in [0.717, 1.165) is 15.5 Å². The van der Waals surface area contributed by atoms with E-state index in [1.54, 1.807) is 23.9 Å². The summed E-state index contributed by atoms with van der Waals surface area (Å²) in [6.07, 6.45) is 1.84. The van der Waals surface area contributed by atoms with Gasteiger partial charge in [0.05, 0.1) is 5.69 Å². The second-order valence-electron chi connectivity index (χ2n) is 3.99. The molecule has 1 N–H and O–H groups in total. The third-order valence-electron chi connectivity index (χ3n) is 2.69. The van der Waals surface area contributed by atoms with E-state index in [2.05, 4.69) is 17.2 Å². The van der Waals surface area contributed by atoms with Gasteiger partial charge in [-0.05, 0) is 50.4 Å². The number of rotatable bonds is 4. The van der Waals surface area contributed by atoms with E-state index in [-0.39, 0.29) is 11.9 Å². The van der Waals surface area contributed by atoms with Gasteiger partial charge in [0, 0.05) is 22.0 Å². The maximum Gasteiger partial charge on any atom is 0.123 e. The Balaban J connectivity index is 2.08. The smallest absolute Gasteiger partial charge is 0.123 e. The molecule has 18 heavy (non-hydrogen) atoms. The lowest BCUT2D eigenvalue weighted by Crippen LogP contribution is -2.13. The van der Waals surface area contributed by atoms with Gasteiger partial charge >= 0.3 is 0 Å². The number of benzene rings is 1. The molecule has 1 heterocycles. The minimum absolute atomic E-state index is 0.212. The van der Waals surface area contributed by atoms with Crippen molar-refractivity contribution in [3.05, 3.63) is 54.1 Å². The third-order valence-corrected chi connectivity index (χ3v) is 3.67. The molecule has 0 aliphatic rings. The minimum Gasteiger partial charge on any atom is -0.312 e. The molecule has 0 fully saturated rings. The van der Waals surface area contributed by atoms with Gasteiger partial charge < -0.3 is 5.32 Å². The number of aromatic nitrogens is 1. The fourth-order valence-corrected chi connectivity index (χ4v) is 2.28. The van der Waals surface area contributed by atoms with Gasteiger partial charge in [0.1, 0.15) is 5.82 Å². The molecule has 1 aromatic heterocycles. The van der Waals surface area contributed by atoms with Crippen LogP contribution >= 0.6 is 11.8 Å². The van der Waals surface area contributed by atoms with E-state index in [1.807, 2.05) is 25.4 Å². The molecular formula is C14H15FN2S. The standard InChI is InChI=1S/C14H15FN2S/c1-10(16-2)14-8-7-13(9-17-14)18-12-5-3-11(15)4-6-12/h3-10,16H,1-2H3. The molecular weight excluding hydrogens is 247 g/mol. The predicted octanol–water partition coefficient (Wildman–Crippen LogP) is 3.65. The van der Waals surface area contributed by atoms with Crippen LogP contribution in [0.25, 0.3) is 0 Å². The molecule has 0 radical (unpaired) electrons. The summed E-state index contributed by atoms with van der Waals surface area (Å²) in [5.74, 6) is -0.212. The van der Waals surface area contributed by atoms with Crippen molar-refractivity contribution in [3.63, 3.8) is 0 Å². The van der Waals surface area contributed by atoms with Crippen LogP contribution in [-0.4, -0.2) is 12.0 Å². The van der Waals surface area contributed by atoms with Gasteiger partial charge in [-0.15, -0.1) is 0 Å². The molecule has 0 saturated carbocycles. The molecule has 94 valence electrons. The zero-order valence-corrected chi connectivity index (χ0v) is 11.2. The molecule has 0 aliphatic heterocycles. The van der Waals surface area contributed by atoms with Crippen molar-refractivity contribution >= 4 is 11.8 Å². The number of nitrogens with one attached hydrogen (secondary N) is 1. The highest BCUT2D eigenvalue weighted by Gasteiger charge is 2.04. The third kappa shape index (κ3) is 3.31. The predicted molar refractivity (Wildman–Crippen MR) is 72.2 cm³/mol. The van der Waals surface area contributed by atoms with Gasteiger partial charge in [0.25, 0.3) is 0 Å². The number of pyridine rings is 1. The van der Waals surface area contributed by atoms with Crippen LogP contribution in [0.1, 0.15) is 18.7 Å². The molecule has 2 nitrogen and oxygen atoms in total. The van der Waals surface area contributed by atoms with Crippen LogP contribution in [0, 0.1) is 5.82 Å². The van der Waals surface area contributed by atoms with E-state index < -0.39 is 0 Å². The molecule has 0 aliphatic carbocycles. The normalized spacial score (nSPS) is 12.4. The van der Waals surface area contributed by atoms with Gasteiger partial charge in [-0.25, -0.2) is 4.39 Å². The van der Waals surface area contributed by atoms with Crippen LogP contribution in [0.5, 0.6) is 0 Å². The quantitative estimate of drug-likeness (QED) is 0.910. The van der Waals surface area contributed by atoms with E-state index >= 15 is 0 Å². The van der Waals surface area contributed by atoms with Gasteiger partial charge in [0.2, 0.25) is 0 Å². The number of hydrogen-bond acceptors (Lipinski definition) is 3. The van der Waals surface area contributed by atoms with Crippen LogP contribution in [0.15, 0.2) is 52.4 Å². The fraction of sp³-hybridized carbons (Fsp3) is 0.214. The molecule has 0 amide bonds. The molecule has 4 heteroatoms. The molecule has 0 spiro atoms. The van der Waals surface area contributed by atoms with Crippen molar-refractivity contribution in [2.75, 3.05) is 7.05 Å². The molecule has 1 atom stereocenters. The lowest BCUT2D eigenvalue weighted by atomic mass is 10.2. The Bertz CT molecular complexity index is 496. The second-order valence-corrected chi connectivity index (χ2v) is 5.13. The topological polar surface area (TPSA) is 24.9 Å². The van der Waals surface area contributed by atoms with Crippen molar-refractivity contribution in [2.24, 2.45) is 0 Å². The zero-order chi connectivity index (χ0) is 13.0. The van der Waals surface area contributed by atoms with Crippen molar-refractivity contribution < 1.29 is 4.39 Å². The monoisotopic (exact) mass is 262 g/mol. The van der Waals surface area contributed by atoms with Gasteiger partial charge in [-0.1, -0.05) is 11.8 Å². The van der Waals surface area contributed by atoms with Crippen LogP contribution in [0.4, 0.5) is 4.39 Å². The minimum atomic E-state index is -0.212. The largest absolute Gasteiger partial charge is 0.312 e. The highest BCUT2D eigenvalue weighted by molar-refractivity contribution is 7.99. The molecule has 1 unspecified atom stereocenters. The first kappa shape index (κ1) is 13.1. The van der Waals surface area contributed by atoms with E-state index in [0.29, 0.717) is 0 Å². The lowest BCUT2D eigenvalue weighted by molar-refractivity contribution is 0.626. The van der Waals surface area contributed by atoms with Gasteiger partial charge in [-0.2, -0.15) is 0 Å². The van der Waals surface area contributed by atoms with Crippen LogP contribution in [0.3, 0.4) is 0 Å². The summed E-state index contributed by atoms with van der Waals surface area (Å²) in [4.78, 5) is 6.46. The summed E-state index contributed by atoms with van der Waals surface area (Å²) in [6, 6.07) is 10.8. The molecule has 2 rings (SSSR count).